The zero-order valence-corrected chi connectivity index (χ0v) is 12.1. The zero-order valence-electron chi connectivity index (χ0n) is 12.1. The summed E-state index contributed by atoms with van der Waals surface area (Å²) in [5.41, 5.74) is 0.823. The van der Waals surface area contributed by atoms with Crippen LogP contribution in [-0.2, 0) is 25.7 Å². The summed E-state index contributed by atoms with van der Waals surface area (Å²) in [7, 11) is 0. The van der Waals surface area contributed by atoms with Gasteiger partial charge in [0.1, 0.15) is 18.9 Å². The second-order valence-corrected chi connectivity index (χ2v) is 4.43. The molecule has 1 rings (SSSR count). The lowest BCUT2D eigenvalue weighted by molar-refractivity contribution is -0.147. The van der Waals surface area contributed by atoms with Crippen molar-refractivity contribution in [3.05, 3.63) is 35.9 Å². The predicted octanol–water partition coefficient (Wildman–Crippen LogP) is 1.68. The van der Waals surface area contributed by atoms with E-state index in [9.17, 15) is 14.4 Å². The Kier molecular flexibility index (Phi) is 6.94. The van der Waals surface area contributed by atoms with Gasteiger partial charge in [0.15, 0.2) is 0 Å². The Hall–Kier alpha value is -2.37. The third-order valence-electron chi connectivity index (χ3n) is 2.77. The lowest BCUT2D eigenvalue weighted by Crippen LogP contribution is -2.46. The number of amides is 1. The maximum atomic E-state index is 11.7. The van der Waals surface area contributed by atoms with Crippen LogP contribution in [0, 0.1) is 5.92 Å². The summed E-state index contributed by atoms with van der Waals surface area (Å²) in [6.45, 7) is 3.42. The molecule has 0 aliphatic carbocycles. The molecule has 0 aliphatic heterocycles. The molecule has 6 heteroatoms. The van der Waals surface area contributed by atoms with Crippen LogP contribution in [0.2, 0.25) is 0 Å². The van der Waals surface area contributed by atoms with Gasteiger partial charge in [-0.1, -0.05) is 37.3 Å². The molecule has 1 amide bonds. The minimum atomic E-state index is -1.05. The third kappa shape index (κ3) is 5.64. The Morgan fingerprint density at radius 3 is 2.48 bits per heavy atom. The van der Waals surface area contributed by atoms with Crippen LogP contribution in [-0.4, -0.2) is 31.0 Å². The van der Waals surface area contributed by atoms with Crippen molar-refractivity contribution in [1.29, 1.82) is 0 Å². The molecule has 0 radical (unpaired) electrons. The monoisotopic (exact) mass is 293 g/mol. The molecule has 0 aliphatic rings. The molecule has 0 fully saturated rings. The molecule has 0 aromatic heterocycles. The van der Waals surface area contributed by atoms with Crippen molar-refractivity contribution in [2.24, 2.45) is 5.92 Å². The highest BCUT2D eigenvalue weighted by Crippen LogP contribution is 2.05. The van der Waals surface area contributed by atoms with Gasteiger partial charge in [-0.25, -0.2) is 9.59 Å². The first-order valence-corrected chi connectivity index (χ1v) is 6.67. The van der Waals surface area contributed by atoms with Gasteiger partial charge in [0.2, 0.25) is 0 Å². The fourth-order valence-corrected chi connectivity index (χ4v) is 1.61. The van der Waals surface area contributed by atoms with Crippen LogP contribution in [0.15, 0.2) is 30.3 Å². The second kappa shape index (κ2) is 8.73. The first-order valence-electron chi connectivity index (χ1n) is 6.67. The molecule has 2 unspecified atom stereocenters. The van der Waals surface area contributed by atoms with Crippen LogP contribution in [0.4, 0.5) is 4.79 Å². The van der Waals surface area contributed by atoms with E-state index in [1.54, 1.807) is 6.92 Å². The van der Waals surface area contributed by atoms with E-state index >= 15 is 0 Å². The fraction of sp³-hybridized carbons (Fsp3) is 0.400. The summed E-state index contributed by atoms with van der Waals surface area (Å²) in [5.74, 6) is -1.36. The Labute approximate surface area is 123 Å². The molecule has 0 heterocycles. The molecule has 6 nitrogen and oxygen atoms in total. The van der Waals surface area contributed by atoms with Gasteiger partial charge in [-0.15, -0.1) is 0 Å². The molecule has 1 aromatic carbocycles. The van der Waals surface area contributed by atoms with E-state index in [2.05, 4.69) is 5.32 Å². The molecule has 0 saturated heterocycles. The van der Waals surface area contributed by atoms with Crippen LogP contribution in [0.1, 0.15) is 19.4 Å². The number of esters is 1. The number of carbonyl (C=O) groups excluding carboxylic acids is 3. The Balaban J connectivity index is 2.55. The third-order valence-corrected chi connectivity index (χ3v) is 2.77. The summed E-state index contributed by atoms with van der Waals surface area (Å²) in [6, 6.07) is 8.07. The van der Waals surface area contributed by atoms with Crippen LogP contribution >= 0.6 is 0 Å². The van der Waals surface area contributed by atoms with E-state index in [4.69, 9.17) is 9.47 Å². The van der Waals surface area contributed by atoms with Gasteiger partial charge in [0, 0.05) is 5.92 Å². The maximum Gasteiger partial charge on any atom is 0.408 e. The van der Waals surface area contributed by atoms with Crippen LogP contribution in [0.5, 0.6) is 0 Å². The highest BCUT2D eigenvalue weighted by Gasteiger charge is 2.28. The van der Waals surface area contributed by atoms with E-state index in [1.807, 2.05) is 30.3 Å². The lowest BCUT2D eigenvalue weighted by Gasteiger charge is -2.19. The van der Waals surface area contributed by atoms with Crippen molar-refractivity contribution in [2.75, 3.05) is 6.61 Å². The summed E-state index contributed by atoms with van der Waals surface area (Å²) in [6.07, 6.45) is -0.190. The topological polar surface area (TPSA) is 81.7 Å². The van der Waals surface area contributed by atoms with Crippen LogP contribution in [0.3, 0.4) is 0 Å². The van der Waals surface area contributed by atoms with E-state index in [0.717, 1.165) is 5.56 Å². The SMILES string of the molecule is CCOC(=O)C(NC(=O)OCc1ccccc1)C(C)C=O. The maximum absolute atomic E-state index is 11.7. The molecule has 0 saturated carbocycles. The largest absolute Gasteiger partial charge is 0.464 e. The van der Waals surface area contributed by atoms with Crippen LogP contribution in [0.25, 0.3) is 0 Å². The number of nitrogens with one attached hydrogen (secondary N) is 1. The van der Waals surface area contributed by atoms with Crippen molar-refractivity contribution >= 4 is 18.3 Å². The van der Waals surface area contributed by atoms with Gasteiger partial charge in [-0.05, 0) is 12.5 Å². The summed E-state index contributed by atoms with van der Waals surface area (Å²) in [4.78, 5) is 34.2. The molecule has 114 valence electrons. The number of ether oxygens (including phenoxy) is 2. The Bertz CT molecular complexity index is 474. The quantitative estimate of drug-likeness (QED) is 0.611. The molecule has 21 heavy (non-hydrogen) atoms. The van der Waals surface area contributed by atoms with Crippen molar-refractivity contribution in [2.45, 2.75) is 26.5 Å². The zero-order chi connectivity index (χ0) is 15.7. The Morgan fingerprint density at radius 2 is 1.90 bits per heavy atom. The van der Waals surface area contributed by atoms with Gasteiger partial charge in [0.25, 0.3) is 0 Å². The van der Waals surface area contributed by atoms with Crippen LogP contribution < -0.4 is 5.32 Å². The fourth-order valence-electron chi connectivity index (χ4n) is 1.61. The van der Waals surface area contributed by atoms with Gasteiger partial charge >= 0.3 is 12.1 Å². The highest BCUT2D eigenvalue weighted by atomic mass is 16.6. The number of aldehydes is 1. The summed E-state index contributed by atoms with van der Waals surface area (Å²) >= 11 is 0. The number of rotatable bonds is 7. The first-order chi connectivity index (χ1) is 10.1. The molecule has 1 N–H and O–H groups in total. The molecule has 2 atom stereocenters. The van der Waals surface area contributed by atoms with E-state index in [-0.39, 0.29) is 13.2 Å². The Morgan fingerprint density at radius 1 is 1.24 bits per heavy atom. The summed E-state index contributed by atoms with van der Waals surface area (Å²) < 4.78 is 9.83. The van der Waals surface area contributed by atoms with E-state index in [1.165, 1.54) is 6.92 Å². The van der Waals surface area contributed by atoms with Gasteiger partial charge in [-0.3, -0.25) is 0 Å². The average molecular weight is 293 g/mol. The van der Waals surface area contributed by atoms with Crippen molar-refractivity contribution in [3.63, 3.8) is 0 Å². The number of hydrogen-bond acceptors (Lipinski definition) is 5. The highest BCUT2D eigenvalue weighted by molar-refractivity contribution is 5.84. The molecule has 1 aromatic rings. The standard InChI is InChI=1S/C15H19NO5/c1-3-20-14(18)13(11(2)9-17)16-15(19)21-10-12-7-5-4-6-8-12/h4-9,11,13H,3,10H2,1-2H3,(H,16,19). The van der Waals surface area contributed by atoms with Crippen molar-refractivity contribution in [1.82, 2.24) is 5.32 Å². The molecule has 0 spiro atoms. The van der Waals surface area contributed by atoms with Gasteiger partial charge < -0.3 is 19.6 Å². The molecular weight excluding hydrogens is 274 g/mol. The molecular formula is C15H19NO5. The average Bonchev–Trinajstić information content (AvgIpc) is 2.51. The van der Waals surface area contributed by atoms with Gasteiger partial charge in [0.05, 0.1) is 6.61 Å². The second-order valence-electron chi connectivity index (χ2n) is 4.43. The molecule has 0 bridgehead atoms. The minimum absolute atomic E-state index is 0.0810. The van der Waals surface area contributed by atoms with Gasteiger partial charge in [-0.2, -0.15) is 0 Å². The minimum Gasteiger partial charge on any atom is -0.464 e. The number of alkyl carbamates (subject to hydrolysis) is 1. The van der Waals surface area contributed by atoms with Crippen molar-refractivity contribution in [3.8, 4) is 0 Å². The van der Waals surface area contributed by atoms with E-state index in [0.29, 0.717) is 6.29 Å². The smallest absolute Gasteiger partial charge is 0.408 e. The number of hydrogen-bond donors (Lipinski definition) is 1. The van der Waals surface area contributed by atoms with Crippen molar-refractivity contribution < 1.29 is 23.9 Å². The normalized spacial score (nSPS) is 12.9. The number of benzene rings is 1. The van der Waals surface area contributed by atoms with E-state index < -0.39 is 24.0 Å². The first kappa shape index (κ1) is 16.7. The lowest BCUT2D eigenvalue weighted by atomic mass is 10.0. The number of carbonyl (C=O) groups is 3. The predicted molar refractivity (Wildman–Crippen MR) is 75.4 cm³/mol. The summed E-state index contributed by atoms with van der Waals surface area (Å²) in [5, 5.41) is 2.36.